The van der Waals surface area contributed by atoms with E-state index in [9.17, 15) is 0 Å². The molecule has 0 bridgehead atoms. The molecule has 0 saturated carbocycles. The Morgan fingerprint density at radius 2 is 2.21 bits per heavy atom. The summed E-state index contributed by atoms with van der Waals surface area (Å²) in [6, 6.07) is 8.56. The normalized spacial score (nSPS) is 14.5. The fraction of sp³-hybridized carbons (Fsp3) is 0.429. The van der Waals surface area contributed by atoms with E-state index in [1.807, 2.05) is 0 Å². The van der Waals surface area contributed by atoms with E-state index in [2.05, 4.69) is 50.9 Å². The predicted molar refractivity (Wildman–Crippen MR) is 79.5 cm³/mol. The zero-order valence-electron chi connectivity index (χ0n) is 11.1. The fourth-order valence-electron chi connectivity index (χ4n) is 2.68. The Hall–Kier alpha value is -1.62. The number of aryl methyl sites for hydroxylation is 1. The van der Waals surface area contributed by atoms with Crippen molar-refractivity contribution in [3.63, 3.8) is 0 Å². The molecule has 1 aromatic carbocycles. The molecule has 0 saturated heterocycles. The molecule has 0 atom stereocenters. The van der Waals surface area contributed by atoms with Gasteiger partial charge in [0.2, 0.25) is 5.95 Å². The lowest BCUT2D eigenvalue weighted by Gasteiger charge is -2.30. The number of aromatic amines is 1. The molecule has 4 nitrogen and oxygen atoms in total. The van der Waals surface area contributed by atoms with Gasteiger partial charge in [-0.15, -0.1) is 5.10 Å². The van der Waals surface area contributed by atoms with Crippen molar-refractivity contribution in [2.24, 2.45) is 0 Å². The second-order valence-corrected chi connectivity index (χ2v) is 5.25. The molecule has 19 heavy (non-hydrogen) atoms. The first kappa shape index (κ1) is 12.4. The van der Waals surface area contributed by atoms with Crippen LogP contribution in [0.1, 0.15) is 25.3 Å². The molecule has 0 aliphatic carbocycles. The largest absolute Gasteiger partial charge is 0.310 e. The third-order valence-electron chi connectivity index (χ3n) is 3.54. The molecular formula is C14H18N4S. The highest BCUT2D eigenvalue weighted by molar-refractivity contribution is 7.71. The van der Waals surface area contributed by atoms with Gasteiger partial charge in [-0.3, -0.25) is 4.57 Å². The Labute approximate surface area is 118 Å². The highest BCUT2D eigenvalue weighted by Crippen LogP contribution is 2.32. The summed E-state index contributed by atoms with van der Waals surface area (Å²) in [7, 11) is 0. The maximum atomic E-state index is 5.32. The molecule has 1 N–H and O–H groups in total. The van der Waals surface area contributed by atoms with E-state index in [1.165, 1.54) is 11.3 Å². The van der Waals surface area contributed by atoms with E-state index >= 15 is 0 Å². The Morgan fingerprint density at radius 1 is 1.37 bits per heavy atom. The number of anilines is 2. The molecule has 0 spiro atoms. The number of para-hydroxylation sites is 1. The summed E-state index contributed by atoms with van der Waals surface area (Å²) in [5.41, 5.74) is 2.66. The van der Waals surface area contributed by atoms with Crippen LogP contribution in [0.4, 0.5) is 11.6 Å². The van der Waals surface area contributed by atoms with Gasteiger partial charge in [-0.25, -0.2) is 5.10 Å². The van der Waals surface area contributed by atoms with Gasteiger partial charge in [0, 0.05) is 18.8 Å². The van der Waals surface area contributed by atoms with Gasteiger partial charge in [-0.05, 0) is 43.1 Å². The molecule has 5 heteroatoms. The summed E-state index contributed by atoms with van der Waals surface area (Å²) in [5.74, 6) is 0.944. The first-order valence-electron chi connectivity index (χ1n) is 6.82. The average molecular weight is 274 g/mol. The standard InChI is InChI=1S/C14H18N4S/c1-2-9-18-13(15-16-14(18)19)17-10-5-7-11-6-3-4-8-12(11)17/h3-4,6,8H,2,5,7,9-10H2,1H3,(H,16,19). The van der Waals surface area contributed by atoms with Gasteiger partial charge in [0.05, 0.1) is 0 Å². The topological polar surface area (TPSA) is 36.9 Å². The Morgan fingerprint density at radius 3 is 3.05 bits per heavy atom. The Balaban J connectivity index is 2.06. The number of hydrogen-bond donors (Lipinski definition) is 1. The van der Waals surface area contributed by atoms with Crippen molar-refractivity contribution in [1.82, 2.24) is 14.8 Å². The Kier molecular flexibility index (Phi) is 3.38. The number of nitrogens with one attached hydrogen (secondary N) is 1. The number of hydrogen-bond acceptors (Lipinski definition) is 3. The van der Waals surface area contributed by atoms with E-state index in [0.717, 1.165) is 38.3 Å². The van der Waals surface area contributed by atoms with Gasteiger partial charge in [-0.1, -0.05) is 25.1 Å². The van der Waals surface area contributed by atoms with Crippen LogP contribution in [0.2, 0.25) is 0 Å². The van der Waals surface area contributed by atoms with Gasteiger partial charge in [-0.2, -0.15) is 0 Å². The number of aromatic nitrogens is 3. The number of fused-ring (bicyclic) bond motifs is 1. The van der Waals surface area contributed by atoms with Crippen molar-refractivity contribution in [1.29, 1.82) is 0 Å². The molecule has 0 radical (unpaired) electrons. The molecule has 1 aliphatic rings. The molecule has 0 unspecified atom stereocenters. The van der Waals surface area contributed by atoms with Crippen LogP contribution in [-0.4, -0.2) is 21.3 Å². The lowest BCUT2D eigenvalue weighted by Crippen LogP contribution is -2.27. The fourth-order valence-corrected chi connectivity index (χ4v) is 2.90. The van der Waals surface area contributed by atoms with E-state index in [4.69, 9.17) is 12.2 Å². The highest BCUT2D eigenvalue weighted by Gasteiger charge is 2.21. The zero-order chi connectivity index (χ0) is 13.2. The van der Waals surface area contributed by atoms with Crippen LogP contribution in [0.15, 0.2) is 24.3 Å². The Bertz CT molecular complexity index is 628. The second kappa shape index (κ2) is 5.17. The summed E-state index contributed by atoms with van der Waals surface area (Å²) in [6.45, 7) is 4.06. The van der Waals surface area contributed by atoms with Crippen molar-refractivity contribution in [3.05, 3.63) is 34.6 Å². The van der Waals surface area contributed by atoms with Crippen LogP contribution in [-0.2, 0) is 13.0 Å². The van der Waals surface area contributed by atoms with Crippen LogP contribution in [0.25, 0.3) is 0 Å². The molecular weight excluding hydrogens is 256 g/mol. The van der Waals surface area contributed by atoms with Gasteiger partial charge < -0.3 is 4.90 Å². The highest BCUT2D eigenvalue weighted by atomic mass is 32.1. The van der Waals surface area contributed by atoms with Gasteiger partial charge in [0.25, 0.3) is 0 Å². The van der Waals surface area contributed by atoms with Crippen molar-refractivity contribution >= 4 is 23.9 Å². The number of benzene rings is 1. The van der Waals surface area contributed by atoms with Crippen molar-refractivity contribution in [2.45, 2.75) is 32.7 Å². The van der Waals surface area contributed by atoms with E-state index < -0.39 is 0 Å². The summed E-state index contributed by atoms with van der Waals surface area (Å²) < 4.78 is 2.80. The minimum atomic E-state index is 0.708. The quantitative estimate of drug-likeness (QED) is 0.871. The smallest absolute Gasteiger partial charge is 0.230 e. The van der Waals surface area contributed by atoms with E-state index in [1.54, 1.807) is 0 Å². The predicted octanol–water partition coefficient (Wildman–Crippen LogP) is 3.43. The maximum Gasteiger partial charge on any atom is 0.230 e. The summed E-state index contributed by atoms with van der Waals surface area (Å²) in [5, 5.41) is 7.35. The molecule has 3 rings (SSSR count). The van der Waals surface area contributed by atoms with Crippen LogP contribution < -0.4 is 4.90 Å². The van der Waals surface area contributed by atoms with Crippen molar-refractivity contribution in [2.75, 3.05) is 11.4 Å². The van der Waals surface area contributed by atoms with Gasteiger partial charge in [0.1, 0.15) is 0 Å². The van der Waals surface area contributed by atoms with Crippen molar-refractivity contribution in [3.8, 4) is 0 Å². The second-order valence-electron chi connectivity index (χ2n) is 4.86. The molecule has 2 aromatic rings. The van der Waals surface area contributed by atoms with Crippen molar-refractivity contribution < 1.29 is 0 Å². The van der Waals surface area contributed by atoms with Gasteiger partial charge in [0.15, 0.2) is 4.77 Å². The van der Waals surface area contributed by atoms with Crippen LogP contribution in [0.5, 0.6) is 0 Å². The van der Waals surface area contributed by atoms with Gasteiger partial charge >= 0.3 is 0 Å². The van der Waals surface area contributed by atoms with Crippen LogP contribution >= 0.6 is 12.2 Å². The minimum Gasteiger partial charge on any atom is -0.310 e. The van der Waals surface area contributed by atoms with E-state index in [-0.39, 0.29) is 0 Å². The summed E-state index contributed by atoms with van der Waals surface area (Å²) >= 11 is 5.32. The molecule has 100 valence electrons. The lowest BCUT2D eigenvalue weighted by atomic mass is 10.0. The van der Waals surface area contributed by atoms with Crippen LogP contribution in [0, 0.1) is 4.77 Å². The number of nitrogens with zero attached hydrogens (tertiary/aromatic N) is 3. The molecule has 2 heterocycles. The number of H-pyrrole nitrogens is 1. The summed E-state index contributed by atoms with van der Waals surface area (Å²) in [4.78, 5) is 2.28. The monoisotopic (exact) mass is 274 g/mol. The lowest BCUT2D eigenvalue weighted by molar-refractivity contribution is 0.649. The zero-order valence-corrected chi connectivity index (χ0v) is 11.9. The SMILES string of the molecule is CCCn1c(N2CCCc3ccccc32)n[nH]c1=S. The third-order valence-corrected chi connectivity index (χ3v) is 3.85. The molecule has 0 fully saturated rings. The van der Waals surface area contributed by atoms with Crippen LogP contribution in [0.3, 0.4) is 0 Å². The third kappa shape index (κ3) is 2.18. The minimum absolute atomic E-state index is 0.708. The van der Waals surface area contributed by atoms with E-state index in [0.29, 0.717) is 4.77 Å². The first-order valence-corrected chi connectivity index (χ1v) is 7.22. The summed E-state index contributed by atoms with van der Waals surface area (Å²) in [6.07, 6.45) is 3.35. The molecule has 1 aliphatic heterocycles. The maximum absolute atomic E-state index is 5.32. The average Bonchev–Trinajstić information content (AvgIpc) is 2.80. The molecule has 1 aromatic heterocycles. The number of rotatable bonds is 3. The molecule has 0 amide bonds. The first-order chi connectivity index (χ1) is 9.31.